The molecular formula is C26H23ClN2O5. The van der Waals surface area contributed by atoms with Gasteiger partial charge in [-0.2, -0.15) is 0 Å². The lowest BCUT2D eigenvalue weighted by Crippen LogP contribution is -2.51. The summed E-state index contributed by atoms with van der Waals surface area (Å²) in [6.45, 7) is 1.61. The SMILES string of the molecule is C[C@@H](C(=O)NCc1ccccc1)N1C(=O)COc2ccc(C(=O)COc3ccc(Cl)cc3)cc21. The summed E-state index contributed by atoms with van der Waals surface area (Å²) in [5.41, 5.74) is 1.66. The van der Waals surface area contributed by atoms with Crippen LogP contribution in [0.1, 0.15) is 22.8 Å². The average Bonchev–Trinajstić information content (AvgIpc) is 2.86. The zero-order chi connectivity index (χ0) is 24.1. The number of carbonyl (C=O) groups is 3. The second kappa shape index (κ2) is 10.4. The first-order valence-corrected chi connectivity index (χ1v) is 11.1. The number of ether oxygens (including phenoxy) is 2. The van der Waals surface area contributed by atoms with Crippen LogP contribution in [0.5, 0.6) is 11.5 Å². The molecule has 4 rings (SSSR count). The van der Waals surface area contributed by atoms with Crippen molar-refractivity contribution in [2.24, 2.45) is 0 Å². The number of hydrogen-bond donors (Lipinski definition) is 1. The molecule has 8 heteroatoms. The summed E-state index contributed by atoms with van der Waals surface area (Å²) in [7, 11) is 0. The largest absolute Gasteiger partial charge is 0.485 e. The van der Waals surface area contributed by atoms with Crippen LogP contribution < -0.4 is 19.7 Å². The molecule has 2 amide bonds. The summed E-state index contributed by atoms with van der Waals surface area (Å²) in [4.78, 5) is 39.6. The zero-order valence-electron chi connectivity index (χ0n) is 18.5. The van der Waals surface area contributed by atoms with Crippen molar-refractivity contribution in [2.75, 3.05) is 18.1 Å². The smallest absolute Gasteiger partial charge is 0.265 e. The van der Waals surface area contributed by atoms with Crippen molar-refractivity contribution in [1.29, 1.82) is 0 Å². The maximum atomic E-state index is 12.8. The zero-order valence-corrected chi connectivity index (χ0v) is 19.2. The van der Waals surface area contributed by atoms with Crippen molar-refractivity contribution < 1.29 is 23.9 Å². The summed E-state index contributed by atoms with van der Waals surface area (Å²) in [5, 5.41) is 3.43. The molecule has 0 spiro atoms. The number of nitrogens with one attached hydrogen (secondary N) is 1. The molecule has 1 heterocycles. The van der Waals surface area contributed by atoms with Crippen LogP contribution in [0.15, 0.2) is 72.8 Å². The van der Waals surface area contributed by atoms with Gasteiger partial charge in [0.2, 0.25) is 5.91 Å². The van der Waals surface area contributed by atoms with Crippen molar-refractivity contribution in [3.8, 4) is 11.5 Å². The lowest BCUT2D eigenvalue weighted by Gasteiger charge is -2.33. The monoisotopic (exact) mass is 478 g/mol. The van der Waals surface area contributed by atoms with E-state index >= 15 is 0 Å². The third-order valence-corrected chi connectivity index (χ3v) is 5.67. The van der Waals surface area contributed by atoms with Crippen LogP contribution in [0.4, 0.5) is 5.69 Å². The van der Waals surface area contributed by atoms with Gasteiger partial charge in [-0.25, -0.2) is 0 Å². The number of anilines is 1. The number of nitrogens with zero attached hydrogens (tertiary/aromatic N) is 1. The van der Waals surface area contributed by atoms with E-state index in [2.05, 4.69) is 5.32 Å². The third-order valence-electron chi connectivity index (χ3n) is 5.42. The van der Waals surface area contributed by atoms with Gasteiger partial charge in [0.05, 0.1) is 5.69 Å². The molecule has 0 fully saturated rings. The van der Waals surface area contributed by atoms with Crippen LogP contribution in [0, 0.1) is 0 Å². The van der Waals surface area contributed by atoms with Gasteiger partial charge in [-0.3, -0.25) is 19.3 Å². The Labute approximate surface area is 202 Å². The van der Waals surface area contributed by atoms with Crippen LogP contribution in [-0.4, -0.2) is 36.9 Å². The molecule has 0 saturated carbocycles. The fourth-order valence-electron chi connectivity index (χ4n) is 3.58. The molecule has 34 heavy (non-hydrogen) atoms. The third kappa shape index (κ3) is 5.38. The Kier molecular flexibility index (Phi) is 7.13. The number of fused-ring (bicyclic) bond motifs is 1. The predicted molar refractivity (Wildman–Crippen MR) is 128 cm³/mol. The summed E-state index contributed by atoms with van der Waals surface area (Å²) in [5.74, 6) is -0.0151. The van der Waals surface area contributed by atoms with Gasteiger partial charge in [0.15, 0.2) is 19.0 Å². The average molecular weight is 479 g/mol. The summed E-state index contributed by atoms with van der Waals surface area (Å²) in [6, 6.07) is 20.2. The van der Waals surface area contributed by atoms with Crippen LogP contribution in [-0.2, 0) is 16.1 Å². The number of halogens is 1. The first kappa shape index (κ1) is 23.3. The molecule has 0 aromatic heterocycles. The highest BCUT2D eigenvalue weighted by Crippen LogP contribution is 2.34. The first-order valence-electron chi connectivity index (χ1n) is 10.7. The van der Waals surface area contributed by atoms with Gasteiger partial charge in [-0.15, -0.1) is 0 Å². The van der Waals surface area contributed by atoms with Gasteiger partial charge in [-0.1, -0.05) is 41.9 Å². The Morgan fingerprint density at radius 1 is 1.09 bits per heavy atom. The Morgan fingerprint density at radius 3 is 2.56 bits per heavy atom. The number of carbonyl (C=O) groups excluding carboxylic acids is 3. The molecule has 0 aliphatic carbocycles. The number of amides is 2. The van der Waals surface area contributed by atoms with E-state index in [0.717, 1.165) is 5.56 Å². The molecule has 1 N–H and O–H groups in total. The number of hydrogen-bond acceptors (Lipinski definition) is 5. The van der Waals surface area contributed by atoms with E-state index in [9.17, 15) is 14.4 Å². The Bertz CT molecular complexity index is 1200. The Balaban J connectivity index is 1.48. The van der Waals surface area contributed by atoms with E-state index in [1.807, 2.05) is 30.3 Å². The van der Waals surface area contributed by atoms with Crippen molar-refractivity contribution in [3.05, 3.63) is 88.9 Å². The van der Waals surface area contributed by atoms with E-state index in [0.29, 0.717) is 34.3 Å². The Morgan fingerprint density at radius 2 is 1.82 bits per heavy atom. The van der Waals surface area contributed by atoms with Crippen molar-refractivity contribution in [1.82, 2.24) is 5.32 Å². The van der Waals surface area contributed by atoms with Gasteiger partial charge in [0, 0.05) is 17.1 Å². The van der Waals surface area contributed by atoms with Gasteiger partial charge >= 0.3 is 0 Å². The van der Waals surface area contributed by atoms with Gasteiger partial charge in [0.1, 0.15) is 17.5 Å². The predicted octanol–water partition coefficient (Wildman–Crippen LogP) is 4.03. The minimum atomic E-state index is -0.797. The Hall–Kier alpha value is -3.84. The molecule has 3 aromatic carbocycles. The lowest BCUT2D eigenvalue weighted by atomic mass is 10.1. The molecule has 174 valence electrons. The van der Waals surface area contributed by atoms with Crippen molar-refractivity contribution >= 4 is 34.9 Å². The quantitative estimate of drug-likeness (QED) is 0.494. The fraction of sp³-hybridized carbons (Fsp3) is 0.192. The number of rotatable bonds is 8. The molecule has 1 atom stereocenters. The molecule has 0 radical (unpaired) electrons. The highest BCUT2D eigenvalue weighted by molar-refractivity contribution is 6.30. The second-order valence-corrected chi connectivity index (χ2v) is 8.22. The molecule has 3 aromatic rings. The lowest BCUT2D eigenvalue weighted by molar-refractivity contribution is -0.127. The number of benzene rings is 3. The van der Waals surface area contributed by atoms with Gasteiger partial charge in [0.25, 0.3) is 5.91 Å². The van der Waals surface area contributed by atoms with Gasteiger partial charge in [-0.05, 0) is 55.0 Å². The molecule has 0 bridgehead atoms. The molecule has 0 saturated heterocycles. The maximum Gasteiger partial charge on any atom is 0.265 e. The standard InChI is InChI=1S/C26H23ClN2O5/c1-17(26(32)28-14-18-5-3-2-4-6-18)29-22-13-19(7-12-24(22)34-16-25(29)31)23(30)15-33-21-10-8-20(27)9-11-21/h2-13,17H,14-16H2,1H3,(H,28,32)/t17-/m0/s1. The highest BCUT2D eigenvalue weighted by atomic mass is 35.5. The van der Waals surface area contributed by atoms with Crippen LogP contribution >= 0.6 is 11.6 Å². The molecular weight excluding hydrogens is 456 g/mol. The van der Waals surface area contributed by atoms with Crippen LogP contribution in [0.3, 0.4) is 0 Å². The second-order valence-electron chi connectivity index (χ2n) is 7.78. The normalized spacial score (nSPS) is 13.5. The molecule has 1 aliphatic heterocycles. The summed E-state index contributed by atoms with van der Waals surface area (Å²) < 4.78 is 11.1. The van der Waals surface area contributed by atoms with Crippen LogP contribution in [0.25, 0.3) is 0 Å². The number of ketones is 1. The van der Waals surface area contributed by atoms with E-state index in [4.69, 9.17) is 21.1 Å². The van der Waals surface area contributed by atoms with Gasteiger partial charge < -0.3 is 14.8 Å². The van der Waals surface area contributed by atoms with E-state index in [-0.39, 0.29) is 30.8 Å². The van der Waals surface area contributed by atoms with E-state index in [1.54, 1.807) is 49.4 Å². The van der Waals surface area contributed by atoms with E-state index in [1.165, 1.54) is 4.90 Å². The van der Waals surface area contributed by atoms with Crippen LogP contribution in [0.2, 0.25) is 5.02 Å². The van der Waals surface area contributed by atoms with Crippen molar-refractivity contribution in [3.63, 3.8) is 0 Å². The molecule has 1 aliphatic rings. The maximum absolute atomic E-state index is 12.8. The fourth-order valence-corrected chi connectivity index (χ4v) is 3.71. The summed E-state index contributed by atoms with van der Waals surface area (Å²) >= 11 is 5.87. The van der Waals surface area contributed by atoms with E-state index < -0.39 is 6.04 Å². The minimum absolute atomic E-state index is 0.184. The summed E-state index contributed by atoms with van der Waals surface area (Å²) in [6.07, 6.45) is 0. The number of Topliss-reactive ketones (excluding diaryl/α,β-unsaturated/α-hetero) is 1. The first-order chi connectivity index (χ1) is 16.4. The minimum Gasteiger partial charge on any atom is -0.485 e. The van der Waals surface area contributed by atoms with Crippen molar-refractivity contribution in [2.45, 2.75) is 19.5 Å². The topological polar surface area (TPSA) is 84.9 Å². The molecule has 7 nitrogen and oxygen atoms in total. The molecule has 0 unspecified atom stereocenters. The highest BCUT2D eigenvalue weighted by Gasteiger charge is 2.33.